The number of para-hydroxylation sites is 2. The Hall–Kier alpha value is -3.16. The number of amides is 2. The van der Waals surface area contributed by atoms with Crippen molar-refractivity contribution in [3.05, 3.63) is 75.8 Å². The van der Waals surface area contributed by atoms with Crippen LogP contribution in [0.1, 0.15) is 25.7 Å². The Morgan fingerprint density at radius 1 is 1.07 bits per heavy atom. The number of halogens is 1. The molecule has 8 heteroatoms. The number of hydrogen-bond acceptors (Lipinski definition) is 4. The number of rotatable bonds is 4. The number of fused-ring (bicyclic) bond motifs is 1. The fourth-order valence-electron chi connectivity index (χ4n) is 3.05. The van der Waals surface area contributed by atoms with E-state index >= 15 is 0 Å². The van der Waals surface area contributed by atoms with Crippen LogP contribution in [0.5, 0.6) is 0 Å². The number of thiophene rings is 1. The molecule has 2 heterocycles. The predicted molar refractivity (Wildman–Crippen MR) is 116 cm³/mol. The number of hydrogen-bond donors (Lipinski definition) is 2. The maximum Gasteiger partial charge on any atom is 0.265 e. The minimum atomic E-state index is -0.285. The maximum atomic E-state index is 12.9. The van der Waals surface area contributed by atoms with Crippen molar-refractivity contribution in [1.29, 1.82) is 0 Å². The predicted octanol–water partition coefficient (Wildman–Crippen LogP) is 4.66. The molecule has 0 fully saturated rings. The molecule has 0 aliphatic carbocycles. The van der Waals surface area contributed by atoms with Gasteiger partial charge in [-0.1, -0.05) is 35.9 Å². The first-order valence-electron chi connectivity index (χ1n) is 8.86. The fraction of sp³-hybridized carbons (Fsp3) is 0.0952. The molecular formula is C21H17ClN4O2S. The van der Waals surface area contributed by atoms with Crippen LogP contribution in [-0.2, 0) is 0 Å². The fourth-order valence-corrected chi connectivity index (χ4v) is 4.34. The quantitative estimate of drug-likeness (QED) is 0.500. The van der Waals surface area contributed by atoms with Crippen LogP contribution in [0.4, 0.5) is 5.69 Å². The van der Waals surface area contributed by atoms with E-state index in [2.05, 4.69) is 15.7 Å². The van der Waals surface area contributed by atoms with Crippen molar-refractivity contribution >= 4 is 50.7 Å². The Kier molecular flexibility index (Phi) is 5.08. The lowest BCUT2D eigenvalue weighted by Gasteiger charge is -2.09. The second-order valence-corrected chi connectivity index (χ2v) is 7.79. The van der Waals surface area contributed by atoms with Crippen molar-refractivity contribution in [2.45, 2.75) is 6.92 Å². The molecular weight excluding hydrogens is 408 g/mol. The standard InChI is InChI=1S/C21H17ClN4O2S/c1-12-14-11-18(20(28)24-16-9-5-3-7-13(16)19(27)23-2)29-21(14)26(25-12)17-10-6-4-8-15(17)22/h3-11H,1-2H3,(H,23,27)(H,24,28). The van der Waals surface area contributed by atoms with Gasteiger partial charge in [0.05, 0.1) is 32.5 Å². The van der Waals surface area contributed by atoms with Crippen LogP contribution in [0.2, 0.25) is 5.02 Å². The summed E-state index contributed by atoms with van der Waals surface area (Å²) in [5, 5.41) is 11.5. The van der Waals surface area contributed by atoms with Gasteiger partial charge in [-0.15, -0.1) is 11.3 Å². The van der Waals surface area contributed by atoms with E-state index in [-0.39, 0.29) is 11.8 Å². The molecule has 0 aliphatic heterocycles. The lowest BCUT2D eigenvalue weighted by molar-refractivity contribution is 0.0964. The molecule has 0 unspecified atom stereocenters. The molecule has 2 amide bonds. The van der Waals surface area contributed by atoms with E-state index in [4.69, 9.17) is 11.6 Å². The summed E-state index contributed by atoms with van der Waals surface area (Å²) in [5.41, 5.74) is 2.42. The number of anilines is 1. The van der Waals surface area contributed by atoms with Crippen molar-refractivity contribution in [3.63, 3.8) is 0 Å². The lowest BCUT2D eigenvalue weighted by atomic mass is 10.1. The van der Waals surface area contributed by atoms with Gasteiger partial charge in [-0.3, -0.25) is 9.59 Å². The third kappa shape index (κ3) is 3.50. The Balaban J connectivity index is 1.71. The topological polar surface area (TPSA) is 76.0 Å². The van der Waals surface area contributed by atoms with Gasteiger partial charge in [-0.05, 0) is 37.3 Å². The summed E-state index contributed by atoms with van der Waals surface area (Å²) in [7, 11) is 1.55. The van der Waals surface area contributed by atoms with E-state index < -0.39 is 0 Å². The van der Waals surface area contributed by atoms with Crippen molar-refractivity contribution in [1.82, 2.24) is 15.1 Å². The summed E-state index contributed by atoms with van der Waals surface area (Å²) in [6.45, 7) is 1.89. The van der Waals surface area contributed by atoms with Gasteiger partial charge in [0.1, 0.15) is 4.83 Å². The third-order valence-corrected chi connectivity index (χ3v) is 5.92. The average molecular weight is 425 g/mol. The highest BCUT2D eigenvalue weighted by Gasteiger charge is 2.19. The molecule has 0 spiro atoms. The number of aryl methyl sites for hydroxylation is 1. The first-order chi connectivity index (χ1) is 14.0. The first kappa shape index (κ1) is 19.2. The smallest absolute Gasteiger partial charge is 0.265 e. The van der Waals surface area contributed by atoms with Crippen molar-refractivity contribution in [2.75, 3.05) is 12.4 Å². The van der Waals surface area contributed by atoms with Gasteiger partial charge in [-0.25, -0.2) is 4.68 Å². The molecule has 2 aromatic carbocycles. The molecule has 0 aliphatic rings. The molecule has 0 saturated carbocycles. The number of aromatic nitrogens is 2. The minimum Gasteiger partial charge on any atom is -0.355 e. The maximum absolute atomic E-state index is 12.9. The highest BCUT2D eigenvalue weighted by atomic mass is 35.5. The van der Waals surface area contributed by atoms with Gasteiger partial charge in [0.15, 0.2) is 0 Å². The van der Waals surface area contributed by atoms with E-state index in [1.165, 1.54) is 11.3 Å². The van der Waals surface area contributed by atoms with Crippen LogP contribution < -0.4 is 10.6 Å². The highest BCUT2D eigenvalue weighted by molar-refractivity contribution is 7.20. The van der Waals surface area contributed by atoms with Crippen molar-refractivity contribution in [3.8, 4) is 5.69 Å². The van der Waals surface area contributed by atoms with Gasteiger partial charge in [0.2, 0.25) is 0 Å². The Labute approximate surface area is 176 Å². The monoisotopic (exact) mass is 424 g/mol. The summed E-state index contributed by atoms with van der Waals surface area (Å²) in [6.07, 6.45) is 0. The van der Waals surface area contributed by atoms with E-state index in [1.807, 2.05) is 31.2 Å². The number of carbonyl (C=O) groups excluding carboxylic acids is 2. The van der Waals surface area contributed by atoms with Crippen molar-refractivity contribution < 1.29 is 9.59 Å². The zero-order chi connectivity index (χ0) is 20.5. The van der Waals surface area contributed by atoms with E-state index in [9.17, 15) is 9.59 Å². The molecule has 0 atom stereocenters. The zero-order valence-corrected chi connectivity index (χ0v) is 17.3. The van der Waals surface area contributed by atoms with E-state index in [0.717, 1.165) is 21.6 Å². The minimum absolute atomic E-state index is 0.262. The van der Waals surface area contributed by atoms with Crippen LogP contribution in [0.15, 0.2) is 54.6 Å². The summed E-state index contributed by atoms with van der Waals surface area (Å²) < 4.78 is 1.76. The highest BCUT2D eigenvalue weighted by Crippen LogP contribution is 2.33. The second-order valence-electron chi connectivity index (χ2n) is 6.36. The molecule has 6 nitrogen and oxygen atoms in total. The van der Waals surface area contributed by atoms with Crippen molar-refractivity contribution in [2.24, 2.45) is 0 Å². The van der Waals surface area contributed by atoms with Gasteiger partial charge in [0, 0.05) is 12.4 Å². The lowest BCUT2D eigenvalue weighted by Crippen LogP contribution is -2.21. The molecule has 0 radical (unpaired) electrons. The number of benzene rings is 2. The van der Waals surface area contributed by atoms with Crippen LogP contribution in [0.3, 0.4) is 0 Å². The van der Waals surface area contributed by atoms with Crippen LogP contribution in [0, 0.1) is 6.92 Å². The zero-order valence-electron chi connectivity index (χ0n) is 15.7. The van der Waals surface area contributed by atoms with Gasteiger partial charge in [-0.2, -0.15) is 5.10 Å². The Bertz CT molecular complexity index is 1240. The van der Waals surface area contributed by atoms with E-state index in [1.54, 1.807) is 42.1 Å². The van der Waals surface area contributed by atoms with Gasteiger partial charge < -0.3 is 10.6 Å². The molecule has 4 rings (SSSR count). The summed E-state index contributed by atoms with van der Waals surface area (Å²) >= 11 is 7.66. The first-order valence-corrected chi connectivity index (χ1v) is 10.1. The normalized spacial score (nSPS) is 10.9. The van der Waals surface area contributed by atoms with Crippen LogP contribution in [-0.4, -0.2) is 28.6 Å². The Morgan fingerprint density at radius 3 is 2.55 bits per heavy atom. The number of nitrogens with zero attached hydrogens (tertiary/aromatic N) is 2. The van der Waals surface area contributed by atoms with Gasteiger partial charge >= 0.3 is 0 Å². The molecule has 0 saturated heterocycles. The average Bonchev–Trinajstić information content (AvgIpc) is 3.29. The molecule has 29 heavy (non-hydrogen) atoms. The number of carbonyl (C=O) groups is 2. The SMILES string of the molecule is CNC(=O)c1ccccc1NC(=O)c1cc2c(C)nn(-c3ccccc3Cl)c2s1. The van der Waals surface area contributed by atoms with Gasteiger partial charge in [0.25, 0.3) is 11.8 Å². The molecule has 2 aromatic heterocycles. The van der Waals surface area contributed by atoms with E-state index in [0.29, 0.717) is 21.2 Å². The molecule has 2 N–H and O–H groups in total. The summed E-state index contributed by atoms with van der Waals surface area (Å²) in [5.74, 6) is -0.546. The molecule has 4 aromatic rings. The summed E-state index contributed by atoms with van der Waals surface area (Å²) in [6, 6.07) is 16.1. The van der Waals surface area contributed by atoms with Crippen LogP contribution >= 0.6 is 22.9 Å². The van der Waals surface area contributed by atoms with Crippen LogP contribution in [0.25, 0.3) is 15.9 Å². The molecule has 146 valence electrons. The third-order valence-electron chi connectivity index (χ3n) is 4.50. The number of nitrogens with one attached hydrogen (secondary N) is 2. The molecule has 0 bridgehead atoms. The largest absolute Gasteiger partial charge is 0.355 e. The second kappa shape index (κ2) is 7.69. The summed E-state index contributed by atoms with van der Waals surface area (Å²) in [4.78, 5) is 26.3. The Morgan fingerprint density at radius 2 is 1.79 bits per heavy atom.